The van der Waals surface area contributed by atoms with E-state index in [2.05, 4.69) is 9.71 Å². The minimum absolute atomic E-state index is 0.309. The Hall–Kier alpha value is -1.88. The number of hydrogen-bond donors (Lipinski definition) is 1. The first-order valence-electron chi connectivity index (χ1n) is 5.91. The Balaban J connectivity index is 2.44. The van der Waals surface area contributed by atoms with Crippen molar-refractivity contribution < 1.29 is 8.42 Å². The zero-order valence-corrected chi connectivity index (χ0v) is 12.0. The summed E-state index contributed by atoms with van der Waals surface area (Å²) < 4.78 is 27.4. The molecule has 1 heterocycles. The lowest BCUT2D eigenvalue weighted by Gasteiger charge is -2.12. The van der Waals surface area contributed by atoms with Gasteiger partial charge in [-0.05, 0) is 49.6 Å². The van der Waals surface area contributed by atoms with Crippen LogP contribution < -0.4 is 4.72 Å². The molecule has 0 fully saturated rings. The van der Waals surface area contributed by atoms with Crippen LogP contribution in [-0.4, -0.2) is 13.4 Å². The van der Waals surface area contributed by atoms with Crippen LogP contribution in [0.25, 0.3) is 0 Å². The van der Waals surface area contributed by atoms with E-state index in [9.17, 15) is 8.42 Å². The third-order valence-electron chi connectivity index (χ3n) is 2.90. The van der Waals surface area contributed by atoms with Gasteiger partial charge in [0.15, 0.2) is 0 Å². The summed E-state index contributed by atoms with van der Waals surface area (Å²) in [6.45, 7) is 5.47. The number of rotatable bonds is 3. The molecule has 5 heteroatoms. The number of benzene rings is 1. The molecule has 0 amide bonds. The maximum absolute atomic E-state index is 12.4. The summed E-state index contributed by atoms with van der Waals surface area (Å²) in [6.07, 6.45) is 3.19. The van der Waals surface area contributed by atoms with Crippen LogP contribution in [0, 0.1) is 20.8 Å². The van der Waals surface area contributed by atoms with Crippen molar-refractivity contribution in [2.45, 2.75) is 25.7 Å². The molecule has 0 aliphatic carbocycles. The molecule has 2 aromatic rings. The van der Waals surface area contributed by atoms with Crippen molar-refractivity contribution in [1.82, 2.24) is 4.98 Å². The molecule has 1 aromatic carbocycles. The average Bonchev–Trinajstić information content (AvgIpc) is 2.35. The molecule has 0 spiro atoms. The number of nitrogens with one attached hydrogen (secondary N) is 1. The molecule has 0 unspecified atom stereocenters. The lowest BCUT2D eigenvalue weighted by Crippen LogP contribution is -2.15. The fourth-order valence-electron chi connectivity index (χ4n) is 1.78. The molecule has 0 atom stereocenters. The molecule has 1 aromatic heterocycles. The van der Waals surface area contributed by atoms with Gasteiger partial charge in [0.05, 0.1) is 10.6 Å². The summed E-state index contributed by atoms with van der Waals surface area (Å²) >= 11 is 0. The number of pyridine rings is 1. The standard InChI is InChI=1S/C14H16N2O2S/c1-10-4-5-11(2)14(8-10)19(17,18)16-13-6-7-15-9-12(13)3/h4-9H,1-3H3,(H,15,16). The van der Waals surface area contributed by atoms with Gasteiger partial charge in [-0.2, -0.15) is 0 Å². The second kappa shape index (κ2) is 5.01. The number of anilines is 1. The zero-order chi connectivity index (χ0) is 14.0. The average molecular weight is 276 g/mol. The highest BCUT2D eigenvalue weighted by Crippen LogP contribution is 2.21. The van der Waals surface area contributed by atoms with Gasteiger partial charge in [0.1, 0.15) is 0 Å². The summed E-state index contributed by atoms with van der Waals surface area (Å²) in [5.74, 6) is 0. The molecule has 0 aliphatic rings. The Morgan fingerprint density at radius 2 is 1.79 bits per heavy atom. The number of aromatic nitrogens is 1. The predicted octanol–water partition coefficient (Wildman–Crippen LogP) is 2.81. The van der Waals surface area contributed by atoms with Gasteiger partial charge < -0.3 is 0 Å². The Kier molecular flexibility index (Phi) is 3.57. The van der Waals surface area contributed by atoms with E-state index >= 15 is 0 Å². The van der Waals surface area contributed by atoms with Crippen molar-refractivity contribution >= 4 is 15.7 Å². The maximum atomic E-state index is 12.4. The van der Waals surface area contributed by atoms with Crippen LogP contribution in [0.2, 0.25) is 0 Å². The van der Waals surface area contributed by atoms with Crippen LogP contribution in [-0.2, 0) is 10.0 Å². The minimum atomic E-state index is -3.57. The quantitative estimate of drug-likeness (QED) is 0.937. The second-order valence-electron chi connectivity index (χ2n) is 4.57. The van der Waals surface area contributed by atoms with E-state index in [1.54, 1.807) is 31.5 Å². The lowest BCUT2D eigenvalue weighted by molar-refractivity contribution is 0.600. The monoisotopic (exact) mass is 276 g/mol. The van der Waals surface area contributed by atoms with Crippen LogP contribution in [0.15, 0.2) is 41.6 Å². The Bertz CT molecular complexity index is 709. The van der Waals surface area contributed by atoms with E-state index in [-0.39, 0.29) is 0 Å². The first-order chi connectivity index (χ1) is 8.90. The molecule has 0 saturated heterocycles. The highest BCUT2D eigenvalue weighted by atomic mass is 32.2. The van der Waals surface area contributed by atoms with Crippen molar-refractivity contribution in [3.8, 4) is 0 Å². The molecular formula is C14H16N2O2S. The maximum Gasteiger partial charge on any atom is 0.262 e. The molecule has 19 heavy (non-hydrogen) atoms. The number of sulfonamides is 1. The van der Waals surface area contributed by atoms with Gasteiger partial charge in [0.25, 0.3) is 10.0 Å². The van der Waals surface area contributed by atoms with Crippen molar-refractivity contribution in [2.75, 3.05) is 4.72 Å². The van der Waals surface area contributed by atoms with Crippen LogP contribution in [0.4, 0.5) is 5.69 Å². The minimum Gasteiger partial charge on any atom is -0.279 e. The largest absolute Gasteiger partial charge is 0.279 e. The number of aryl methyl sites for hydroxylation is 3. The predicted molar refractivity (Wildman–Crippen MR) is 75.7 cm³/mol. The molecule has 1 N–H and O–H groups in total. The van der Waals surface area contributed by atoms with Crippen molar-refractivity contribution in [2.24, 2.45) is 0 Å². The van der Waals surface area contributed by atoms with Gasteiger partial charge in [0, 0.05) is 12.4 Å². The smallest absolute Gasteiger partial charge is 0.262 e. The van der Waals surface area contributed by atoms with Gasteiger partial charge in [-0.15, -0.1) is 0 Å². The lowest BCUT2D eigenvalue weighted by atomic mass is 10.2. The second-order valence-corrected chi connectivity index (χ2v) is 6.22. The van der Waals surface area contributed by atoms with E-state index in [1.807, 2.05) is 26.0 Å². The Morgan fingerprint density at radius 3 is 2.47 bits per heavy atom. The third-order valence-corrected chi connectivity index (χ3v) is 4.41. The summed E-state index contributed by atoms with van der Waals surface area (Å²) in [5.41, 5.74) is 2.98. The van der Waals surface area contributed by atoms with Gasteiger partial charge in [-0.3, -0.25) is 9.71 Å². The SMILES string of the molecule is Cc1ccc(C)c(S(=O)(=O)Nc2ccncc2C)c1. The van der Waals surface area contributed by atoms with Crippen LogP contribution in [0.3, 0.4) is 0 Å². The highest BCUT2D eigenvalue weighted by Gasteiger charge is 2.17. The molecule has 0 bridgehead atoms. The van der Waals surface area contributed by atoms with E-state index in [0.29, 0.717) is 10.6 Å². The van der Waals surface area contributed by atoms with Gasteiger partial charge in [0.2, 0.25) is 0 Å². The van der Waals surface area contributed by atoms with E-state index < -0.39 is 10.0 Å². The molecule has 0 aliphatic heterocycles. The summed E-state index contributed by atoms with van der Waals surface area (Å²) in [6, 6.07) is 7.03. The van der Waals surface area contributed by atoms with E-state index in [0.717, 1.165) is 16.7 Å². The fraction of sp³-hybridized carbons (Fsp3) is 0.214. The Morgan fingerprint density at radius 1 is 1.05 bits per heavy atom. The normalized spacial score (nSPS) is 11.3. The van der Waals surface area contributed by atoms with Crippen LogP contribution >= 0.6 is 0 Å². The van der Waals surface area contributed by atoms with Crippen LogP contribution in [0.5, 0.6) is 0 Å². The summed E-state index contributed by atoms with van der Waals surface area (Å²) in [5, 5.41) is 0. The first-order valence-corrected chi connectivity index (χ1v) is 7.39. The molecule has 0 saturated carbocycles. The molecule has 4 nitrogen and oxygen atoms in total. The molecule has 100 valence electrons. The van der Waals surface area contributed by atoms with E-state index in [1.165, 1.54) is 0 Å². The van der Waals surface area contributed by atoms with Crippen molar-refractivity contribution in [1.29, 1.82) is 0 Å². The van der Waals surface area contributed by atoms with Crippen LogP contribution in [0.1, 0.15) is 16.7 Å². The molecular weight excluding hydrogens is 260 g/mol. The van der Waals surface area contributed by atoms with E-state index in [4.69, 9.17) is 0 Å². The molecule has 2 rings (SSSR count). The van der Waals surface area contributed by atoms with Crippen molar-refractivity contribution in [3.63, 3.8) is 0 Å². The first kappa shape index (κ1) is 13.5. The summed E-state index contributed by atoms with van der Waals surface area (Å²) in [4.78, 5) is 4.25. The third kappa shape index (κ3) is 2.93. The van der Waals surface area contributed by atoms with Crippen molar-refractivity contribution in [3.05, 3.63) is 53.3 Å². The van der Waals surface area contributed by atoms with Gasteiger partial charge >= 0.3 is 0 Å². The van der Waals surface area contributed by atoms with Gasteiger partial charge in [-0.1, -0.05) is 12.1 Å². The Labute approximate surface area is 113 Å². The zero-order valence-electron chi connectivity index (χ0n) is 11.1. The number of nitrogens with zero attached hydrogens (tertiary/aromatic N) is 1. The topological polar surface area (TPSA) is 59.1 Å². The fourth-order valence-corrected chi connectivity index (χ4v) is 3.25. The summed E-state index contributed by atoms with van der Waals surface area (Å²) in [7, 11) is -3.57. The highest BCUT2D eigenvalue weighted by molar-refractivity contribution is 7.92. The molecule has 0 radical (unpaired) electrons. The van der Waals surface area contributed by atoms with Gasteiger partial charge in [-0.25, -0.2) is 8.42 Å². The number of hydrogen-bond acceptors (Lipinski definition) is 3.